The number of hydrogen-bond acceptors (Lipinski definition) is 6. The van der Waals surface area contributed by atoms with E-state index in [1.807, 2.05) is 16.9 Å². The number of hydrogen-bond donors (Lipinski definition) is 1. The molecule has 1 saturated carbocycles. The molecule has 1 aliphatic rings. The second-order valence-electron chi connectivity index (χ2n) is 9.19. The molecule has 4 heterocycles. The van der Waals surface area contributed by atoms with Gasteiger partial charge in [-0.3, -0.25) is 9.67 Å². The largest absolute Gasteiger partial charge is 0.417 e. The smallest absolute Gasteiger partial charge is 0.388 e. The van der Waals surface area contributed by atoms with Gasteiger partial charge < -0.3 is 4.74 Å². The van der Waals surface area contributed by atoms with Crippen LogP contribution >= 0.6 is 11.6 Å². The molecule has 0 amide bonds. The Balaban J connectivity index is 1.32. The summed E-state index contributed by atoms with van der Waals surface area (Å²) in [4.78, 5) is 8.52. The van der Waals surface area contributed by atoms with Gasteiger partial charge in [-0.2, -0.15) is 13.9 Å². The lowest BCUT2D eigenvalue weighted by Gasteiger charge is -2.18. The van der Waals surface area contributed by atoms with Crippen LogP contribution in [-0.2, 0) is 0 Å². The van der Waals surface area contributed by atoms with Crippen LogP contribution in [-0.4, -0.2) is 41.9 Å². The summed E-state index contributed by atoms with van der Waals surface area (Å²) in [7, 11) is 0. The fourth-order valence-corrected chi connectivity index (χ4v) is 4.65. The van der Waals surface area contributed by atoms with E-state index in [1.54, 1.807) is 30.6 Å². The van der Waals surface area contributed by atoms with Crippen molar-refractivity contribution in [3.63, 3.8) is 0 Å². The topological polar surface area (TPSA) is 98.3 Å². The van der Waals surface area contributed by atoms with Crippen LogP contribution in [0.15, 0.2) is 67.5 Å². The van der Waals surface area contributed by atoms with E-state index < -0.39 is 12.4 Å². The maximum absolute atomic E-state index is 15.2. The third-order valence-corrected chi connectivity index (χ3v) is 6.87. The molecule has 5 aromatic rings. The monoisotopic (exact) mass is 553 g/mol. The minimum absolute atomic E-state index is 0.0141. The Morgan fingerprint density at radius 1 is 1.08 bits per heavy atom. The normalized spacial score (nSPS) is 14.1. The summed E-state index contributed by atoms with van der Waals surface area (Å²) in [5.41, 5.74) is 3.41. The quantitative estimate of drug-likeness (QED) is 0.252. The molecule has 0 radical (unpaired) electrons. The first-order valence-corrected chi connectivity index (χ1v) is 12.5. The lowest BCUT2D eigenvalue weighted by atomic mass is 10.0. The standard InChI is InChI=1S/C26H20ClF3N8O/c27-19-4-6-21(38-14-33-35-36-38)24(25(19)28)17-3-5-20(32-11-17)22(9-15-1-2-15)37-13-18(12-34-37)16-7-8-31-23(10-16)39-26(29)30/h3-8,10-15,22,26H,1-2,9H2/p+1. The highest BCUT2D eigenvalue weighted by Crippen LogP contribution is 2.40. The second-order valence-corrected chi connectivity index (χ2v) is 9.60. The Kier molecular flexibility index (Phi) is 6.69. The van der Waals surface area contributed by atoms with Gasteiger partial charge in [0, 0.05) is 35.8 Å². The molecular formula is C26H21ClF3N8O+. The number of aromatic nitrogens is 8. The molecule has 13 heteroatoms. The fourth-order valence-electron chi connectivity index (χ4n) is 4.50. The van der Waals surface area contributed by atoms with Crippen LogP contribution in [0, 0.1) is 11.7 Å². The molecule has 0 spiro atoms. The van der Waals surface area contributed by atoms with Crippen molar-refractivity contribution in [2.45, 2.75) is 31.9 Å². The van der Waals surface area contributed by atoms with E-state index in [9.17, 15) is 8.78 Å². The van der Waals surface area contributed by atoms with E-state index in [4.69, 9.17) is 16.6 Å². The van der Waals surface area contributed by atoms with Crippen molar-refractivity contribution in [2.75, 3.05) is 0 Å². The fraction of sp³-hybridized carbons (Fsp3) is 0.231. The number of tetrazole rings is 1. The molecule has 0 saturated heterocycles. The van der Waals surface area contributed by atoms with Crippen molar-refractivity contribution in [1.82, 2.24) is 35.3 Å². The number of nitrogens with one attached hydrogen (secondary N) is 1. The molecule has 9 nitrogen and oxygen atoms in total. The summed E-state index contributed by atoms with van der Waals surface area (Å²) in [6.07, 6.45) is 11.1. The predicted octanol–water partition coefficient (Wildman–Crippen LogP) is 5.19. The van der Waals surface area contributed by atoms with Crippen LogP contribution in [0.1, 0.15) is 31.0 Å². The number of ether oxygens (including phenoxy) is 1. The maximum Gasteiger partial charge on any atom is 0.388 e. The lowest BCUT2D eigenvalue weighted by Crippen LogP contribution is -2.33. The minimum Gasteiger partial charge on any atom is -0.417 e. The van der Waals surface area contributed by atoms with Crippen LogP contribution in [0.25, 0.3) is 27.9 Å². The lowest BCUT2D eigenvalue weighted by molar-refractivity contribution is -0.659. The number of halogens is 4. The summed E-state index contributed by atoms with van der Waals surface area (Å²) in [5, 5.41) is 14.7. The van der Waals surface area contributed by atoms with Crippen molar-refractivity contribution in [3.05, 3.63) is 84.0 Å². The van der Waals surface area contributed by atoms with Gasteiger partial charge in [-0.1, -0.05) is 35.7 Å². The van der Waals surface area contributed by atoms with Gasteiger partial charge in [0.2, 0.25) is 5.88 Å². The zero-order valence-electron chi connectivity index (χ0n) is 20.3. The van der Waals surface area contributed by atoms with Gasteiger partial charge in [0.1, 0.15) is 10.8 Å². The summed E-state index contributed by atoms with van der Waals surface area (Å²) in [5.74, 6) is -0.194. The van der Waals surface area contributed by atoms with Crippen LogP contribution in [0.3, 0.4) is 0 Å². The van der Waals surface area contributed by atoms with Gasteiger partial charge in [0.15, 0.2) is 11.0 Å². The van der Waals surface area contributed by atoms with E-state index in [-0.39, 0.29) is 22.5 Å². The first kappa shape index (κ1) is 25.0. The van der Waals surface area contributed by atoms with Crippen molar-refractivity contribution >= 4 is 11.6 Å². The maximum atomic E-state index is 15.2. The van der Waals surface area contributed by atoms with E-state index in [1.165, 1.54) is 29.3 Å². The van der Waals surface area contributed by atoms with Crippen LogP contribution in [0.5, 0.6) is 5.88 Å². The Morgan fingerprint density at radius 3 is 2.67 bits per heavy atom. The first-order valence-electron chi connectivity index (χ1n) is 12.1. The number of nitrogens with zero attached hydrogens (tertiary/aromatic N) is 7. The number of pyridine rings is 2. The molecule has 1 aliphatic carbocycles. The van der Waals surface area contributed by atoms with Crippen LogP contribution < -0.4 is 9.42 Å². The van der Waals surface area contributed by atoms with Gasteiger partial charge in [-0.15, -0.1) is 4.68 Å². The van der Waals surface area contributed by atoms with Crippen molar-refractivity contribution < 1.29 is 22.6 Å². The highest BCUT2D eigenvalue weighted by atomic mass is 35.5. The molecule has 1 fully saturated rings. The predicted molar refractivity (Wildman–Crippen MR) is 134 cm³/mol. The SMILES string of the molecule is Fc1c(Cl)ccc(-[n+]2cnn[nH]2)c1-c1ccc(C(CC2CC2)n2cc(-c3ccnc(OC(F)F)c3)cn2)nc1. The van der Waals surface area contributed by atoms with E-state index in [2.05, 4.69) is 30.3 Å². The highest BCUT2D eigenvalue weighted by molar-refractivity contribution is 6.31. The summed E-state index contributed by atoms with van der Waals surface area (Å²) >= 11 is 6.10. The molecule has 1 unspecified atom stereocenters. The van der Waals surface area contributed by atoms with E-state index >= 15 is 4.39 Å². The Morgan fingerprint density at radius 2 is 1.95 bits per heavy atom. The molecule has 6 rings (SSSR count). The zero-order valence-corrected chi connectivity index (χ0v) is 21.0. The molecule has 1 atom stereocenters. The Hall–Kier alpha value is -4.32. The first-order chi connectivity index (χ1) is 19.0. The van der Waals surface area contributed by atoms with Crippen LogP contribution in [0.2, 0.25) is 5.02 Å². The number of H-pyrrole nitrogens is 1. The Labute approximate surface area is 225 Å². The summed E-state index contributed by atoms with van der Waals surface area (Å²) in [6, 6.07) is 9.77. The summed E-state index contributed by atoms with van der Waals surface area (Å²) in [6.45, 7) is -2.96. The zero-order chi connectivity index (χ0) is 26.9. The van der Waals surface area contributed by atoms with Crippen molar-refractivity contribution in [1.29, 1.82) is 0 Å². The molecule has 0 aliphatic heterocycles. The van der Waals surface area contributed by atoms with Gasteiger partial charge in [0.25, 0.3) is 6.33 Å². The number of benzene rings is 1. The average Bonchev–Trinajstić information content (AvgIpc) is 3.36. The molecular weight excluding hydrogens is 533 g/mol. The molecule has 1 N–H and O–H groups in total. The van der Waals surface area contributed by atoms with Gasteiger partial charge in [0.05, 0.1) is 28.5 Å². The molecule has 0 bridgehead atoms. The minimum atomic E-state index is -2.96. The second kappa shape index (κ2) is 10.4. The summed E-state index contributed by atoms with van der Waals surface area (Å²) < 4.78 is 48.2. The molecule has 1 aromatic carbocycles. The van der Waals surface area contributed by atoms with E-state index in [0.29, 0.717) is 22.7 Å². The third-order valence-electron chi connectivity index (χ3n) is 6.58. The van der Waals surface area contributed by atoms with Gasteiger partial charge >= 0.3 is 6.61 Å². The number of alkyl halides is 2. The van der Waals surface area contributed by atoms with Crippen LogP contribution in [0.4, 0.5) is 13.2 Å². The molecule has 4 aromatic heterocycles. The van der Waals surface area contributed by atoms with Gasteiger partial charge in [-0.05, 0) is 42.2 Å². The highest BCUT2D eigenvalue weighted by Gasteiger charge is 2.29. The number of rotatable bonds is 9. The molecule has 198 valence electrons. The van der Waals surface area contributed by atoms with E-state index in [0.717, 1.165) is 30.5 Å². The van der Waals surface area contributed by atoms with Crippen molar-refractivity contribution in [2.24, 2.45) is 5.92 Å². The number of aromatic amines is 1. The molecule has 39 heavy (non-hydrogen) atoms. The third kappa shape index (κ3) is 5.32. The Bertz CT molecular complexity index is 1590. The van der Waals surface area contributed by atoms with Gasteiger partial charge in [-0.25, -0.2) is 9.37 Å². The average molecular weight is 554 g/mol. The van der Waals surface area contributed by atoms with Crippen molar-refractivity contribution in [3.8, 4) is 33.8 Å².